The van der Waals surface area contributed by atoms with E-state index < -0.39 is 0 Å². The molecule has 1 N–H and O–H groups in total. The minimum Gasteiger partial charge on any atom is -0.384 e. The van der Waals surface area contributed by atoms with Crippen LogP contribution in [0.15, 0.2) is 23.8 Å². The first-order chi connectivity index (χ1) is 10.1. The lowest BCUT2D eigenvalue weighted by molar-refractivity contribution is 0.0780. The van der Waals surface area contributed by atoms with Gasteiger partial charge in [-0.25, -0.2) is 9.97 Å². The molecule has 0 fully saturated rings. The summed E-state index contributed by atoms with van der Waals surface area (Å²) in [5.74, 6) is 5.09. The van der Waals surface area contributed by atoms with Crippen molar-refractivity contribution in [3.63, 3.8) is 0 Å². The van der Waals surface area contributed by atoms with Crippen LogP contribution in [-0.4, -0.2) is 39.5 Å². The summed E-state index contributed by atoms with van der Waals surface area (Å²) in [6.45, 7) is 2.15. The van der Waals surface area contributed by atoms with Crippen molar-refractivity contribution in [2.75, 3.05) is 13.7 Å². The van der Waals surface area contributed by atoms with Gasteiger partial charge in [-0.1, -0.05) is 11.8 Å². The van der Waals surface area contributed by atoms with Crippen LogP contribution in [0.3, 0.4) is 0 Å². The summed E-state index contributed by atoms with van der Waals surface area (Å²) in [7, 11) is 1.72. The molecule has 0 aliphatic carbocycles. The average molecular weight is 301 g/mol. The van der Waals surface area contributed by atoms with Gasteiger partial charge in [0, 0.05) is 18.1 Å². The average Bonchev–Trinajstić information content (AvgIpc) is 2.90. The van der Waals surface area contributed by atoms with Crippen LogP contribution in [0.2, 0.25) is 0 Å². The Morgan fingerprint density at radius 2 is 2.29 bits per heavy atom. The third-order valence-corrected chi connectivity index (χ3v) is 3.80. The normalized spacial score (nSPS) is 9.86. The van der Waals surface area contributed by atoms with Gasteiger partial charge in [0.2, 0.25) is 0 Å². The van der Waals surface area contributed by atoms with E-state index in [2.05, 4.69) is 21.8 Å². The van der Waals surface area contributed by atoms with Crippen LogP contribution in [0.25, 0.3) is 0 Å². The Hall–Kier alpha value is -2.23. The van der Waals surface area contributed by atoms with E-state index in [0.717, 1.165) is 10.6 Å². The third kappa shape index (κ3) is 3.66. The minimum absolute atomic E-state index is 0.203. The molecular formula is C15H15N3O2S. The number of pyridine rings is 1. The van der Waals surface area contributed by atoms with Crippen molar-refractivity contribution in [1.82, 2.24) is 14.9 Å². The Morgan fingerprint density at radius 1 is 1.48 bits per heavy atom. The van der Waals surface area contributed by atoms with Crippen molar-refractivity contribution in [3.05, 3.63) is 45.7 Å². The SMILES string of the molecule is Cc1ncsc1CN(C)C(=O)c1ncccc1C#CCO. The molecule has 0 aliphatic heterocycles. The summed E-state index contributed by atoms with van der Waals surface area (Å²) in [5.41, 5.74) is 3.51. The van der Waals surface area contributed by atoms with E-state index in [1.165, 1.54) is 11.3 Å². The van der Waals surface area contributed by atoms with Gasteiger partial charge in [-0.3, -0.25) is 4.79 Å². The zero-order valence-electron chi connectivity index (χ0n) is 11.8. The number of hydrogen-bond acceptors (Lipinski definition) is 5. The maximum absolute atomic E-state index is 12.5. The number of aryl methyl sites for hydroxylation is 1. The monoisotopic (exact) mass is 301 g/mol. The second-order valence-corrected chi connectivity index (χ2v) is 5.32. The molecule has 2 aromatic heterocycles. The molecule has 0 unspecified atom stereocenters. The highest BCUT2D eigenvalue weighted by molar-refractivity contribution is 7.09. The van der Waals surface area contributed by atoms with Gasteiger partial charge >= 0.3 is 0 Å². The van der Waals surface area contributed by atoms with Crippen molar-refractivity contribution in [2.45, 2.75) is 13.5 Å². The van der Waals surface area contributed by atoms with E-state index >= 15 is 0 Å². The Kier molecular flexibility index (Phi) is 5.04. The lowest BCUT2D eigenvalue weighted by atomic mass is 10.1. The van der Waals surface area contributed by atoms with Gasteiger partial charge in [0.05, 0.1) is 23.3 Å². The lowest BCUT2D eigenvalue weighted by Gasteiger charge is -2.16. The highest BCUT2D eigenvalue weighted by Crippen LogP contribution is 2.16. The Morgan fingerprint density at radius 3 is 2.95 bits per heavy atom. The maximum Gasteiger partial charge on any atom is 0.273 e. The van der Waals surface area contributed by atoms with E-state index in [4.69, 9.17) is 5.11 Å². The van der Waals surface area contributed by atoms with E-state index in [-0.39, 0.29) is 12.5 Å². The summed E-state index contributed by atoms with van der Waals surface area (Å²) in [6.07, 6.45) is 1.56. The number of aliphatic hydroxyl groups is 1. The standard InChI is InChI=1S/C15H15N3O2S/c1-11-13(21-10-17-11)9-18(2)15(20)14-12(6-4-8-19)5-3-7-16-14/h3,5,7,10,19H,8-9H2,1-2H3. The third-order valence-electron chi connectivity index (χ3n) is 2.88. The molecule has 0 bridgehead atoms. The largest absolute Gasteiger partial charge is 0.384 e. The van der Waals surface area contributed by atoms with Gasteiger partial charge in [0.25, 0.3) is 5.91 Å². The fourth-order valence-electron chi connectivity index (χ4n) is 1.76. The van der Waals surface area contributed by atoms with Crippen LogP contribution in [0.1, 0.15) is 26.6 Å². The van der Waals surface area contributed by atoms with Crippen LogP contribution in [0, 0.1) is 18.8 Å². The van der Waals surface area contributed by atoms with Gasteiger partial charge in [-0.2, -0.15) is 0 Å². The number of nitrogens with zero attached hydrogens (tertiary/aromatic N) is 3. The second kappa shape index (κ2) is 6.97. The second-order valence-electron chi connectivity index (χ2n) is 4.38. The fraction of sp³-hybridized carbons (Fsp3) is 0.267. The molecule has 108 valence electrons. The molecule has 0 saturated carbocycles. The molecule has 1 amide bonds. The predicted molar refractivity (Wildman–Crippen MR) is 80.8 cm³/mol. The summed E-state index contributed by atoms with van der Waals surface area (Å²) in [5, 5.41) is 8.77. The first-order valence-electron chi connectivity index (χ1n) is 6.32. The quantitative estimate of drug-likeness (QED) is 0.872. The predicted octanol–water partition coefficient (Wildman–Crippen LogP) is 1.46. The zero-order valence-corrected chi connectivity index (χ0v) is 12.6. The molecule has 0 radical (unpaired) electrons. The van der Waals surface area contributed by atoms with E-state index in [1.54, 1.807) is 35.8 Å². The van der Waals surface area contributed by atoms with Crippen molar-refractivity contribution >= 4 is 17.2 Å². The summed E-state index contributed by atoms with van der Waals surface area (Å²) >= 11 is 1.52. The molecule has 6 heteroatoms. The highest BCUT2D eigenvalue weighted by Gasteiger charge is 2.17. The summed E-state index contributed by atoms with van der Waals surface area (Å²) in [6, 6.07) is 3.43. The number of rotatable bonds is 3. The van der Waals surface area contributed by atoms with Gasteiger partial charge < -0.3 is 10.0 Å². The van der Waals surface area contributed by atoms with Crippen molar-refractivity contribution in [3.8, 4) is 11.8 Å². The van der Waals surface area contributed by atoms with Gasteiger partial charge in [-0.15, -0.1) is 11.3 Å². The van der Waals surface area contributed by atoms with Crippen LogP contribution in [-0.2, 0) is 6.54 Å². The van der Waals surface area contributed by atoms with E-state index in [1.807, 2.05) is 6.92 Å². The van der Waals surface area contributed by atoms with E-state index in [9.17, 15) is 4.79 Å². The highest BCUT2D eigenvalue weighted by atomic mass is 32.1. The van der Waals surface area contributed by atoms with Crippen LogP contribution in [0.4, 0.5) is 0 Å². The molecule has 2 aromatic rings. The number of hydrogen-bond donors (Lipinski definition) is 1. The fourth-order valence-corrected chi connectivity index (χ4v) is 2.59. The molecule has 5 nitrogen and oxygen atoms in total. The molecule has 2 heterocycles. The molecular weight excluding hydrogens is 286 g/mol. The summed E-state index contributed by atoms with van der Waals surface area (Å²) < 4.78 is 0. The Balaban J connectivity index is 2.21. The molecule has 2 rings (SSSR count). The molecule has 0 aromatic carbocycles. The van der Waals surface area contributed by atoms with Crippen LogP contribution < -0.4 is 0 Å². The number of amides is 1. The first-order valence-corrected chi connectivity index (χ1v) is 7.20. The molecule has 0 saturated heterocycles. The van der Waals surface area contributed by atoms with Gasteiger partial charge in [0.1, 0.15) is 12.3 Å². The van der Waals surface area contributed by atoms with Crippen molar-refractivity contribution in [1.29, 1.82) is 0 Å². The molecule has 0 aliphatic rings. The Labute approximate surface area is 127 Å². The van der Waals surface area contributed by atoms with Gasteiger partial charge in [0.15, 0.2) is 0 Å². The molecule has 0 spiro atoms. The lowest BCUT2D eigenvalue weighted by Crippen LogP contribution is -2.27. The maximum atomic E-state index is 12.5. The molecule has 21 heavy (non-hydrogen) atoms. The number of aliphatic hydroxyl groups excluding tert-OH is 1. The number of aromatic nitrogens is 2. The topological polar surface area (TPSA) is 66.3 Å². The van der Waals surface area contributed by atoms with Crippen LogP contribution in [0.5, 0.6) is 0 Å². The zero-order chi connectivity index (χ0) is 15.2. The number of carbonyl (C=O) groups excluding carboxylic acids is 1. The smallest absolute Gasteiger partial charge is 0.273 e. The number of carbonyl (C=O) groups is 1. The Bertz CT molecular complexity index is 700. The van der Waals surface area contributed by atoms with Crippen molar-refractivity contribution < 1.29 is 9.90 Å². The van der Waals surface area contributed by atoms with Crippen molar-refractivity contribution in [2.24, 2.45) is 0 Å². The number of thiazole rings is 1. The van der Waals surface area contributed by atoms with Crippen LogP contribution >= 0.6 is 11.3 Å². The minimum atomic E-state index is -0.252. The van der Waals surface area contributed by atoms with Gasteiger partial charge in [-0.05, 0) is 19.1 Å². The first kappa shape index (κ1) is 15.2. The van der Waals surface area contributed by atoms with E-state index in [0.29, 0.717) is 17.8 Å². The molecule has 0 atom stereocenters. The summed E-state index contributed by atoms with van der Waals surface area (Å²) in [4.78, 5) is 23.4.